The Labute approximate surface area is 147 Å². The quantitative estimate of drug-likeness (QED) is 0.573. The maximum absolute atomic E-state index is 13.1. The summed E-state index contributed by atoms with van der Waals surface area (Å²) in [5.74, 6) is 0. The second-order valence-electron chi connectivity index (χ2n) is 5.67. The molecule has 0 unspecified atom stereocenters. The van der Waals surface area contributed by atoms with E-state index in [0.717, 1.165) is 5.56 Å². The lowest BCUT2D eigenvalue weighted by molar-refractivity contribution is -0.385. The fourth-order valence-corrected chi connectivity index (χ4v) is 4.19. The minimum absolute atomic E-state index is 0.0750. The van der Waals surface area contributed by atoms with Crippen LogP contribution in [0.5, 0.6) is 0 Å². The van der Waals surface area contributed by atoms with Crippen molar-refractivity contribution in [3.8, 4) is 0 Å². The van der Waals surface area contributed by atoms with Gasteiger partial charge in [0.2, 0.25) is 10.0 Å². The van der Waals surface area contributed by atoms with Gasteiger partial charge in [0.25, 0.3) is 5.69 Å². The number of sulfonamides is 1. The molecule has 0 atom stereocenters. The largest absolute Gasteiger partial charge is 0.330 e. The van der Waals surface area contributed by atoms with E-state index in [9.17, 15) is 18.5 Å². The maximum Gasteiger partial charge on any atom is 0.269 e. The zero-order valence-electron chi connectivity index (χ0n) is 14.0. The first-order valence-corrected chi connectivity index (χ1v) is 9.29. The van der Waals surface area contributed by atoms with Gasteiger partial charge in [0.05, 0.1) is 9.82 Å². The van der Waals surface area contributed by atoms with Gasteiger partial charge in [-0.1, -0.05) is 30.3 Å². The first-order valence-electron chi connectivity index (χ1n) is 7.85. The van der Waals surface area contributed by atoms with Crippen molar-refractivity contribution in [1.29, 1.82) is 0 Å². The molecule has 0 radical (unpaired) electrons. The number of aryl methyl sites for hydroxylation is 1. The highest BCUT2D eigenvalue weighted by Crippen LogP contribution is 2.25. The molecule has 2 rings (SSSR count). The van der Waals surface area contributed by atoms with Gasteiger partial charge >= 0.3 is 0 Å². The van der Waals surface area contributed by atoms with Crippen LogP contribution in [0.4, 0.5) is 5.69 Å². The van der Waals surface area contributed by atoms with E-state index >= 15 is 0 Å². The second-order valence-corrected chi connectivity index (χ2v) is 7.58. The predicted molar refractivity (Wildman–Crippen MR) is 95.5 cm³/mol. The fraction of sp³-hybridized carbons (Fsp3) is 0.294. The summed E-state index contributed by atoms with van der Waals surface area (Å²) in [7, 11) is -3.79. The molecule has 0 spiro atoms. The monoisotopic (exact) mass is 363 g/mol. The van der Waals surface area contributed by atoms with Crippen LogP contribution < -0.4 is 5.73 Å². The van der Waals surface area contributed by atoms with Gasteiger partial charge in [0.1, 0.15) is 0 Å². The molecule has 25 heavy (non-hydrogen) atoms. The number of non-ortho nitro benzene ring substituents is 1. The van der Waals surface area contributed by atoms with E-state index in [1.165, 1.54) is 22.5 Å². The number of nitrogens with two attached hydrogens (primary N) is 1. The highest BCUT2D eigenvalue weighted by Gasteiger charge is 2.27. The molecule has 0 fully saturated rings. The summed E-state index contributed by atoms with van der Waals surface area (Å²) in [5, 5.41) is 10.9. The summed E-state index contributed by atoms with van der Waals surface area (Å²) in [5.41, 5.74) is 6.62. The molecule has 0 heterocycles. The third kappa shape index (κ3) is 4.62. The first-order chi connectivity index (χ1) is 11.9. The molecule has 0 aromatic heterocycles. The van der Waals surface area contributed by atoms with Crippen LogP contribution in [0.15, 0.2) is 53.4 Å². The van der Waals surface area contributed by atoms with Crippen molar-refractivity contribution < 1.29 is 13.3 Å². The van der Waals surface area contributed by atoms with Gasteiger partial charge in [-0.2, -0.15) is 4.31 Å². The van der Waals surface area contributed by atoms with Crippen molar-refractivity contribution in [3.63, 3.8) is 0 Å². The van der Waals surface area contributed by atoms with Crippen LogP contribution in [0.3, 0.4) is 0 Å². The Balaban J connectivity index is 2.38. The SMILES string of the molecule is Cc1cc([N+](=O)[O-])ccc1S(=O)(=O)N(CCCN)Cc1ccccc1. The highest BCUT2D eigenvalue weighted by atomic mass is 32.2. The Morgan fingerprint density at radius 1 is 1.16 bits per heavy atom. The van der Waals surface area contributed by atoms with Crippen molar-refractivity contribution in [1.82, 2.24) is 4.31 Å². The molecule has 2 aromatic rings. The van der Waals surface area contributed by atoms with E-state index in [1.807, 2.05) is 30.3 Å². The molecule has 0 bridgehead atoms. The highest BCUT2D eigenvalue weighted by molar-refractivity contribution is 7.89. The number of nitrogens with zero attached hydrogens (tertiary/aromatic N) is 2. The number of rotatable bonds is 8. The lowest BCUT2D eigenvalue weighted by Crippen LogP contribution is -2.33. The minimum atomic E-state index is -3.79. The Kier molecular flexibility index (Phi) is 6.24. The molecule has 0 aliphatic carbocycles. The Morgan fingerprint density at radius 3 is 2.40 bits per heavy atom. The summed E-state index contributed by atoms with van der Waals surface area (Å²) in [6.45, 7) is 2.44. The first kappa shape index (κ1) is 19.0. The standard InChI is InChI=1S/C17H21N3O4S/c1-14-12-16(20(21)22)8-9-17(14)25(23,24)19(11-5-10-18)13-15-6-3-2-4-7-15/h2-4,6-9,12H,5,10-11,13,18H2,1H3. The van der Waals surface area contributed by atoms with Crippen LogP contribution in [0.1, 0.15) is 17.5 Å². The molecule has 0 saturated heterocycles. The normalized spacial score (nSPS) is 11.6. The maximum atomic E-state index is 13.1. The molecule has 0 amide bonds. The van der Waals surface area contributed by atoms with Crippen LogP contribution in [-0.2, 0) is 16.6 Å². The molecule has 134 valence electrons. The average Bonchev–Trinajstić information content (AvgIpc) is 2.58. The molecular weight excluding hydrogens is 342 g/mol. The third-order valence-corrected chi connectivity index (χ3v) is 5.81. The second kappa shape index (κ2) is 8.19. The summed E-state index contributed by atoms with van der Waals surface area (Å²) in [6.07, 6.45) is 0.526. The molecule has 0 saturated carbocycles. The Morgan fingerprint density at radius 2 is 1.84 bits per heavy atom. The molecule has 0 aliphatic rings. The van der Waals surface area contributed by atoms with Crippen molar-refractivity contribution in [2.24, 2.45) is 5.73 Å². The van der Waals surface area contributed by atoms with Crippen LogP contribution in [0.2, 0.25) is 0 Å². The summed E-state index contributed by atoms with van der Waals surface area (Å²) < 4.78 is 27.5. The van der Waals surface area contributed by atoms with Gasteiger partial charge in [-0.15, -0.1) is 0 Å². The van der Waals surface area contributed by atoms with Crippen molar-refractivity contribution in [2.45, 2.75) is 24.8 Å². The number of nitro groups is 1. The lowest BCUT2D eigenvalue weighted by atomic mass is 10.2. The van der Waals surface area contributed by atoms with Gasteiger partial charge in [0, 0.05) is 25.2 Å². The van der Waals surface area contributed by atoms with E-state index < -0.39 is 14.9 Å². The van der Waals surface area contributed by atoms with E-state index in [4.69, 9.17) is 5.73 Å². The Bertz CT molecular complexity index is 838. The minimum Gasteiger partial charge on any atom is -0.330 e. The molecule has 7 nitrogen and oxygen atoms in total. The average molecular weight is 363 g/mol. The van der Waals surface area contributed by atoms with E-state index in [0.29, 0.717) is 18.5 Å². The Hall–Kier alpha value is -2.29. The molecule has 2 N–H and O–H groups in total. The molecule has 8 heteroatoms. The number of hydrogen-bond donors (Lipinski definition) is 1. The summed E-state index contributed by atoms with van der Waals surface area (Å²) in [4.78, 5) is 10.4. The third-order valence-electron chi connectivity index (χ3n) is 3.80. The van der Waals surface area contributed by atoms with E-state index in [-0.39, 0.29) is 23.7 Å². The number of nitro benzene ring substituents is 1. The van der Waals surface area contributed by atoms with Gasteiger partial charge in [-0.25, -0.2) is 8.42 Å². The van der Waals surface area contributed by atoms with Crippen LogP contribution >= 0.6 is 0 Å². The predicted octanol–water partition coefficient (Wildman–Crippen LogP) is 2.44. The van der Waals surface area contributed by atoms with E-state index in [2.05, 4.69) is 0 Å². The van der Waals surface area contributed by atoms with Gasteiger partial charge in [-0.3, -0.25) is 10.1 Å². The smallest absolute Gasteiger partial charge is 0.269 e. The van der Waals surface area contributed by atoms with Crippen LogP contribution in [-0.4, -0.2) is 30.7 Å². The number of benzene rings is 2. The van der Waals surface area contributed by atoms with Crippen molar-refractivity contribution in [2.75, 3.05) is 13.1 Å². The zero-order valence-corrected chi connectivity index (χ0v) is 14.8. The molecule has 0 aliphatic heterocycles. The van der Waals surface area contributed by atoms with Crippen LogP contribution in [0, 0.1) is 17.0 Å². The molecule has 2 aromatic carbocycles. The van der Waals surface area contributed by atoms with Gasteiger partial charge in [0.15, 0.2) is 0 Å². The van der Waals surface area contributed by atoms with Crippen LogP contribution in [0.25, 0.3) is 0 Å². The van der Waals surface area contributed by atoms with Gasteiger partial charge < -0.3 is 5.73 Å². The lowest BCUT2D eigenvalue weighted by Gasteiger charge is -2.23. The van der Waals surface area contributed by atoms with Crippen molar-refractivity contribution >= 4 is 15.7 Å². The topological polar surface area (TPSA) is 107 Å². The van der Waals surface area contributed by atoms with E-state index in [1.54, 1.807) is 6.92 Å². The number of hydrogen-bond acceptors (Lipinski definition) is 5. The molecular formula is C17H21N3O4S. The zero-order chi connectivity index (χ0) is 18.4. The van der Waals surface area contributed by atoms with Gasteiger partial charge in [-0.05, 0) is 37.1 Å². The van der Waals surface area contributed by atoms with Crippen molar-refractivity contribution in [3.05, 3.63) is 69.8 Å². The summed E-state index contributed by atoms with van der Waals surface area (Å²) >= 11 is 0. The fourth-order valence-electron chi connectivity index (χ4n) is 2.51. The summed E-state index contributed by atoms with van der Waals surface area (Å²) in [6, 6.07) is 13.0.